The molecule has 0 aliphatic heterocycles. The summed E-state index contributed by atoms with van der Waals surface area (Å²) in [5, 5.41) is 4.87. The number of hydrogen-bond acceptors (Lipinski definition) is 3. The lowest BCUT2D eigenvalue weighted by molar-refractivity contribution is 0.0955. The Labute approximate surface area is 209 Å². The number of carbonyl (C=O) groups is 1. The van der Waals surface area contributed by atoms with E-state index in [9.17, 15) is 4.79 Å². The van der Waals surface area contributed by atoms with Gasteiger partial charge in [0.15, 0.2) is 0 Å². The molecule has 0 aliphatic carbocycles. The molecule has 34 heavy (non-hydrogen) atoms. The second-order valence-corrected chi connectivity index (χ2v) is 9.44. The van der Waals surface area contributed by atoms with Crippen LogP contribution in [0.3, 0.4) is 0 Å². The maximum Gasteiger partial charge on any atom is 0.271 e. The monoisotopic (exact) mass is 487 g/mol. The molecular formula is C28H26ClN3OS. The zero-order chi connectivity index (χ0) is 23.9. The van der Waals surface area contributed by atoms with Crippen LogP contribution in [0.5, 0.6) is 0 Å². The van der Waals surface area contributed by atoms with Crippen molar-refractivity contribution in [3.63, 3.8) is 0 Å². The summed E-state index contributed by atoms with van der Waals surface area (Å²) in [6.45, 7) is 4.05. The predicted octanol–water partition coefficient (Wildman–Crippen LogP) is 6.94. The van der Waals surface area contributed by atoms with Crippen molar-refractivity contribution < 1.29 is 4.79 Å². The largest absolute Gasteiger partial charge is 0.318 e. The van der Waals surface area contributed by atoms with Gasteiger partial charge in [-0.25, -0.2) is 5.43 Å². The number of rotatable bonds is 8. The Kier molecular flexibility index (Phi) is 7.88. The number of amides is 1. The molecule has 3 aromatic carbocycles. The molecule has 0 aliphatic rings. The first-order chi connectivity index (χ1) is 16.5. The maximum atomic E-state index is 12.5. The molecule has 4 nitrogen and oxygen atoms in total. The average molecular weight is 488 g/mol. The van der Waals surface area contributed by atoms with E-state index in [1.54, 1.807) is 6.21 Å². The van der Waals surface area contributed by atoms with Crippen LogP contribution >= 0.6 is 23.4 Å². The molecule has 0 saturated heterocycles. The highest BCUT2D eigenvalue weighted by molar-refractivity contribution is 7.97. The van der Waals surface area contributed by atoms with E-state index in [4.69, 9.17) is 11.6 Å². The number of hydrazone groups is 1. The summed E-state index contributed by atoms with van der Waals surface area (Å²) >= 11 is 8.01. The van der Waals surface area contributed by atoms with Crippen LogP contribution in [0.4, 0.5) is 0 Å². The molecule has 1 aromatic heterocycles. The number of nitrogens with one attached hydrogen (secondary N) is 1. The second-order valence-electron chi connectivity index (χ2n) is 8.02. The minimum atomic E-state index is -0.233. The van der Waals surface area contributed by atoms with Crippen LogP contribution in [0.15, 0.2) is 90.0 Å². The summed E-state index contributed by atoms with van der Waals surface area (Å²) < 4.78 is 2.11. The second kappa shape index (κ2) is 11.2. The molecule has 0 unspecified atom stereocenters. The minimum Gasteiger partial charge on any atom is -0.318 e. The van der Waals surface area contributed by atoms with Crippen LogP contribution in [-0.4, -0.2) is 16.7 Å². The summed E-state index contributed by atoms with van der Waals surface area (Å²) in [5.41, 5.74) is 9.73. The predicted molar refractivity (Wildman–Crippen MR) is 143 cm³/mol. The molecule has 4 aromatic rings. The van der Waals surface area contributed by atoms with E-state index in [1.807, 2.05) is 86.3 Å². The Morgan fingerprint density at radius 1 is 0.941 bits per heavy atom. The summed E-state index contributed by atoms with van der Waals surface area (Å²) in [4.78, 5) is 12.5. The normalized spacial score (nSPS) is 11.1. The van der Waals surface area contributed by atoms with E-state index in [-0.39, 0.29) is 5.91 Å². The summed E-state index contributed by atoms with van der Waals surface area (Å²) in [6, 6.07) is 27.8. The Balaban J connectivity index is 1.34. The van der Waals surface area contributed by atoms with Gasteiger partial charge in [-0.1, -0.05) is 60.1 Å². The molecule has 0 radical (unpaired) electrons. The number of aryl methyl sites for hydroxylation is 1. The maximum absolute atomic E-state index is 12.5. The van der Waals surface area contributed by atoms with Gasteiger partial charge in [-0.15, -0.1) is 0 Å². The highest BCUT2D eigenvalue weighted by atomic mass is 35.5. The van der Waals surface area contributed by atoms with Gasteiger partial charge in [-0.05, 0) is 61.4 Å². The first kappa shape index (κ1) is 23.9. The molecule has 0 fully saturated rings. The third-order valence-electron chi connectivity index (χ3n) is 5.50. The molecule has 172 valence electrons. The van der Waals surface area contributed by atoms with Gasteiger partial charge in [-0.3, -0.25) is 4.79 Å². The number of aromatic nitrogens is 1. The van der Waals surface area contributed by atoms with Crippen LogP contribution in [0.1, 0.15) is 38.4 Å². The fraction of sp³-hybridized carbons (Fsp3) is 0.143. The highest BCUT2D eigenvalue weighted by Crippen LogP contribution is 2.22. The molecule has 1 N–H and O–H groups in total. The number of nitrogens with zero attached hydrogens (tertiary/aromatic N) is 2. The van der Waals surface area contributed by atoms with Crippen molar-refractivity contribution in [3.8, 4) is 5.69 Å². The third kappa shape index (κ3) is 5.99. The van der Waals surface area contributed by atoms with E-state index >= 15 is 0 Å². The van der Waals surface area contributed by atoms with Crippen LogP contribution < -0.4 is 5.43 Å². The van der Waals surface area contributed by atoms with E-state index < -0.39 is 0 Å². The molecule has 6 heteroatoms. The quantitative estimate of drug-likeness (QED) is 0.216. The third-order valence-corrected chi connectivity index (χ3v) is 6.81. The van der Waals surface area contributed by atoms with Crippen molar-refractivity contribution in [2.75, 3.05) is 0 Å². The fourth-order valence-corrected chi connectivity index (χ4v) is 4.91. The van der Waals surface area contributed by atoms with Gasteiger partial charge in [0.2, 0.25) is 0 Å². The van der Waals surface area contributed by atoms with Gasteiger partial charge >= 0.3 is 0 Å². The number of benzene rings is 3. The summed E-state index contributed by atoms with van der Waals surface area (Å²) in [6.07, 6.45) is 1.68. The van der Waals surface area contributed by atoms with Gasteiger partial charge in [0.1, 0.15) is 0 Å². The Morgan fingerprint density at radius 3 is 2.35 bits per heavy atom. The average Bonchev–Trinajstić information content (AvgIpc) is 3.13. The van der Waals surface area contributed by atoms with Crippen molar-refractivity contribution in [2.24, 2.45) is 5.10 Å². The van der Waals surface area contributed by atoms with Crippen molar-refractivity contribution in [3.05, 3.63) is 124 Å². The van der Waals surface area contributed by atoms with Crippen molar-refractivity contribution in [1.29, 1.82) is 0 Å². The Morgan fingerprint density at radius 2 is 1.65 bits per heavy atom. The standard InChI is InChI=1S/C28H26ClN3OS/c1-20-15-25(21(2)32(20)27-10-6-9-26(29)16-27)17-30-31-28(33)24-13-11-23(12-14-24)19-34-18-22-7-4-3-5-8-22/h3-17H,18-19H2,1-2H3,(H,31,33)/b30-17-. The lowest BCUT2D eigenvalue weighted by atomic mass is 10.1. The fourth-order valence-electron chi connectivity index (χ4n) is 3.77. The van der Waals surface area contributed by atoms with E-state index in [0.29, 0.717) is 10.6 Å². The zero-order valence-corrected chi connectivity index (χ0v) is 20.7. The molecule has 1 amide bonds. The van der Waals surface area contributed by atoms with Crippen LogP contribution in [0, 0.1) is 13.8 Å². The topological polar surface area (TPSA) is 46.4 Å². The lowest BCUT2D eigenvalue weighted by Gasteiger charge is -2.09. The first-order valence-corrected chi connectivity index (χ1v) is 12.5. The molecule has 1 heterocycles. The molecular weight excluding hydrogens is 462 g/mol. The van der Waals surface area contributed by atoms with Crippen molar-refractivity contribution in [1.82, 2.24) is 9.99 Å². The molecule has 0 atom stereocenters. The molecule has 0 spiro atoms. The van der Waals surface area contributed by atoms with Gasteiger partial charge in [0, 0.05) is 44.7 Å². The molecule has 4 rings (SSSR count). The number of hydrogen-bond donors (Lipinski definition) is 1. The van der Waals surface area contributed by atoms with Gasteiger partial charge in [0.25, 0.3) is 5.91 Å². The highest BCUT2D eigenvalue weighted by Gasteiger charge is 2.10. The van der Waals surface area contributed by atoms with Gasteiger partial charge in [-0.2, -0.15) is 16.9 Å². The Bertz CT molecular complexity index is 1300. The molecule has 0 bridgehead atoms. The van der Waals surface area contributed by atoms with Crippen LogP contribution in [0.25, 0.3) is 5.69 Å². The minimum absolute atomic E-state index is 0.233. The Hall–Kier alpha value is -3.28. The van der Waals surface area contributed by atoms with Crippen molar-refractivity contribution in [2.45, 2.75) is 25.4 Å². The first-order valence-electron chi connectivity index (χ1n) is 11.0. The molecule has 0 saturated carbocycles. The van der Waals surface area contributed by atoms with Crippen LogP contribution in [0.2, 0.25) is 5.02 Å². The van der Waals surface area contributed by atoms with E-state index in [1.165, 1.54) is 11.1 Å². The lowest BCUT2D eigenvalue weighted by Crippen LogP contribution is -2.17. The zero-order valence-electron chi connectivity index (χ0n) is 19.2. The van der Waals surface area contributed by atoms with Crippen molar-refractivity contribution >= 4 is 35.5 Å². The van der Waals surface area contributed by atoms with E-state index in [0.717, 1.165) is 34.1 Å². The van der Waals surface area contributed by atoms with E-state index in [2.05, 4.69) is 39.4 Å². The summed E-state index contributed by atoms with van der Waals surface area (Å²) in [7, 11) is 0. The summed E-state index contributed by atoms with van der Waals surface area (Å²) in [5.74, 6) is 1.63. The SMILES string of the molecule is Cc1cc(/C=N\NC(=O)c2ccc(CSCc3ccccc3)cc2)c(C)n1-c1cccc(Cl)c1. The smallest absolute Gasteiger partial charge is 0.271 e. The van der Waals surface area contributed by atoms with Gasteiger partial charge in [0.05, 0.1) is 6.21 Å². The van der Waals surface area contributed by atoms with Crippen LogP contribution in [-0.2, 0) is 11.5 Å². The number of carbonyl (C=O) groups excluding carboxylic acids is 1. The number of thioether (sulfide) groups is 1. The van der Waals surface area contributed by atoms with Gasteiger partial charge < -0.3 is 4.57 Å². The number of halogens is 1.